The molecule has 1 aromatic heterocycles. The second-order valence-corrected chi connectivity index (χ2v) is 7.23. The lowest BCUT2D eigenvalue weighted by Crippen LogP contribution is -2.29. The van der Waals surface area contributed by atoms with Crippen molar-refractivity contribution in [3.63, 3.8) is 0 Å². The van der Waals surface area contributed by atoms with Crippen LogP contribution in [0.5, 0.6) is 0 Å². The predicted octanol–water partition coefficient (Wildman–Crippen LogP) is 0.687. The lowest BCUT2D eigenvalue weighted by Gasteiger charge is -2.16. The summed E-state index contributed by atoms with van der Waals surface area (Å²) in [5.74, 6) is 0.688. The van der Waals surface area contributed by atoms with Gasteiger partial charge in [0, 0.05) is 31.5 Å². The first-order valence-electron chi connectivity index (χ1n) is 6.40. The van der Waals surface area contributed by atoms with Gasteiger partial charge in [0.1, 0.15) is 21.9 Å². The Bertz CT molecular complexity index is 603. The second-order valence-electron chi connectivity index (χ2n) is 4.97. The molecule has 8 nitrogen and oxygen atoms in total. The van der Waals surface area contributed by atoms with Gasteiger partial charge in [-0.1, -0.05) is 0 Å². The maximum Gasteiger partial charge on any atom is 0.290 e. The molecule has 0 atom stereocenters. The number of pyridine rings is 1. The molecule has 9 heteroatoms. The van der Waals surface area contributed by atoms with Crippen molar-refractivity contribution in [3.8, 4) is 0 Å². The highest BCUT2D eigenvalue weighted by atomic mass is 32.2. The SMILES string of the molecule is Cc1cc(NCCN(C)CCS(C)(=O)=O)ncc1[N+](=O)[O-]. The van der Waals surface area contributed by atoms with E-state index >= 15 is 0 Å². The number of aryl methyl sites for hydroxylation is 1. The van der Waals surface area contributed by atoms with E-state index in [1.807, 2.05) is 11.9 Å². The zero-order valence-corrected chi connectivity index (χ0v) is 13.2. The molecule has 118 valence electrons. The first-order valence-corrected chi connectivity index (χ1v) is 8.46. The van der Waals surface area contributed by atoms with Crippen LogP contribution >= 0.6 is 0 Å². The van der Waals surface area contributed by atoms with Crippen LogP contribution in [0.4, 0.5) is 11.5 Å². The summed E-state index contributed by atoms with van der Waals surface area (Å²) in [7, 11) is -1.12. The minimum Gasteiger partial charge on any atom is -0.369 e. The Morgan fingerprint density at radius 3 is 2.62 bits per heavy atom. The van der Waals surface area contributed by atoms with E-state index in [0.717, 1.165) is 0 Å². The fraction of sp³-hybridized carbons (Fsp3) is 0.583. The first kappa shape index (κ1) is 17.3. The van der Waals surface area contributed by atoms with Crippen molar-refractivity contribution < 1.29 is 13.3 Å². The molecule has 0 aliphatic rings. The molecule has 1 N–H and O–H groups in total. The minimum absolute atomic E-state index is 0.00850. The summed E-state index contributed by atoms with van der Waals surface area (Å²) in [5, 5.41) is 13.7. The molecular formula is C12H20N4O4S. The normalized spacial score (nSPS) is 11.6. The van der Waals surface area contributed by atoms with Gasteiger partial charge in [0.2, 0.25) is 0 Å². The van der Waals surface area contributed by atoms with Crippen LogP contribution in [0.2, 0.25) is 0 Å². The molecule has 1 aromatic rings. The average Bonchev–Trinajstić information content (AvgIpc) is 2.35. The van der Waals surface area contributed by atoms with Gasteiger partial charge in [-0.25, -0.2) is 13.4 Å². The Morgan fingerprint density at radius 2 is 2.10 bits per heavy atom. The van der Waals surface area contributed by atoms with E-state index in [4.69, 9.17) is 0 Å². The Balaban J connectivity index is 2.42. The van der Waals surface area contributed by atoms with E-state index in [2.05, 4.69) is 10.3 Å². The summed E-state index contributed by atoms with van der Waals surface area (Å²) >= 11 is 0. The fourth-order valence-electron chi connectivity index (χ4n) is 1.64. The molecule has 0 saturated heterocycles. The Morgan fingerprint density at radius 1 is 1.43 bits per heavy atom. The van der Waals surface area contributed by atoms with Gasteiger partial charge in [-0.15, -0.1) is 0 Å². The van der Waals surface area contributed by atoms with Crippen LogP contribution in [-0.4, -0.2) is 61.9 Å². The first-order chi connectivity index (χ1) is 9.69. The van der Waals surface area contributed by atoms with Crippen LogP contribution < -0.4 is 5.32 Å². The maximum atomic E-state index is 11.0. The summed E-state index contributed by atoms with van der Waals surface area (Å²) < 4.78 is 22.1. The molecule has 0 fully saturated rings. The smallest absolute Gasteiger partial charge is 0.290 e. The minimum atomic E-state index is -2.95. The topological polar surface area (TPSA) is 105 Å². The van der Waals surface area contributed by atoms with E-state index in [0.29, 0.717) is 31.0 Å². The van der Waals surface area contributed by atoms with Crippen molar-refractivity contribution in [1.82, 2.24) is 9.88 Å². The molecular weight excluding hydrogens is 296 g/mol. The molecule has 0 unspecified atom stereocenters. The molecule has 0 bridgehead atoms. The fourth-order valence-corrected chi connectivity index (χ4v) is 2.29. The lowest BCUT2D eigenvalue weighted by atomic mass is 10.2. The highest BCUT2D eigenvalue weighted by molar-refractivity contribution is 7.90. The van der Waals surface area contributed by atoms with Gasteiger partial charge in [0.25, 0.3) is 5.69 Å². The van der Waals surface area contributed by atoms with Crippen LogP contribution in [0.3, 0.4) is 0 Å². The summed E-state index contributed by atoms with van der Waals surface area (Å²) in [5.41, 5.74) is 0.536. The maximum absolute atomic E-state index is 11.0. The molecule has 0 aliphatic carbocycles. The van der Waals surface area contributed by atoms with Crippen LogP contribution in [0.1, 0.15) is 5.56 Å². The molecule has 0 amide bonds. The van der Waals surface area contributed by atoms with Gasteiger partial charge in [0.05, 0.1) is 10.7 Å². The number of aromatic nitrogens is 1. The third kappa shape index (κ3) is 6.50. The summed E-state index contributed by atoms with van der Waals surface area (Å²) in [6.45, 7) is 3.34. The molecule has 0 radical (unpaired) electrons. The molecule has 21 heavy (non-hydrogen) atoms. The Labute approximate surface area is 124 Å². The largest absolute Gasteiger partial charge is 0.369 e. The van der Waals surface area contributed by atoms with Crippen LogP contribution in [-0.2, 0) is 9.84 Å². The van der Waals surface area contributed by atoms with Gasteiger partial charge in [-0.2, -0.15) is 0 Å². The van der Waals surface area contributed by atoms with Crippen LogP contribution in [0, 0.1) is 17.0 Å². The Kier molecular flexibility index (Phi) is 6.03. The van der Waals surface area contributed by atoms with E-state index in [9.17, 15) is 18.5 Å². The molecule has 0 spiro atoms. The van der Waals surface area contributed by atoms with Crippen LogP contribution in [0.15, 0.2) is 12.3 Å². The van der Waals surface area contributed by atoms with Gasteiger partial charge >= 0.3 is 0 Å². The molecule has 0 aromatic carbocycles. The number of hydrogen-bond donors (Lipinski definition) is 1. The lowest BCUT2D eigenvalue weighted by molar-refractivity contribution is -0.385. The Hall–Kier alpha value is -1.74. The molecule has 1 heterocycles. The van der Waals surface area contributed by atoms with Crippen molar-refractivity contribution in [3.05, 3.63) is 27.9 Å². The van der Waals surface area contributed by atoms with Crippen molar-refractivity contribution in [2.75, 3.05) is 44.0 Å². The summed E-state index contributed by atoms with van der Waals surface area (Å²) in [6, 6.07) is 1.62. The number of sulfone groups is 1. The van der Waals surface area contributed by atoms with Crippen LogP contribution in [0.25, 0.3) is 0 Å². The summed E-state index contributed by atoms with van der Waals surface area (Å²) in [4.78, 5) is 16.1. The van der Waals surface area contributed by atoms with E-state index in [-0.39, 0.29) is 11.4 Å². The zero-order valence-electron chi connectivity index (χ0n) is 12.4. The molecule has 0 aliphatic heterocycles. The van der Waals surface area contributed by atoms with Gasteiger partial charge < -0.3 is 10.2 Å². The third-order valence-corrected chi connectivity index (χ3v) is 3.85. The van der Waals surface area contributed by atoms with Crippen molar-refractivity contribution in [2.45, 2.75) is 6.92 Å². The average molecular weight is 316 g/mol. The van der Waals surface area contributed by atoms with E-state index in [1.54, 1.807) is 13.0 Å². The number of nitrogens with one attached hydrogen (secondary N) is 1. The van der Waals surface area contributed by atoms with Gasteiger partial charge in [-0.3, -0.25) is 10.1 Å². The van der Waals surface area contributed by atoms with Crippen molar-refractivity contribution in [1.29, 1.82) is 0 Å². The molecule has 0 saturated carbocycles. The number of hydrogen-bond acceptors (Lipinski definition) is 7. The van der Waals surface area contributed by atoms with Gasteiger partial charge in [0.15, 0.2) is 0 Å². The van der Waals surface area contributed by atoms with Crippen molar-refractivity contribution >= 4 is 21.3 Å². The standard InChI is InChI=1S/C12H20N4O4S/c1-10-8-12(14-9-11(10)16(17)18)13-4-5-15(2)6-7-21(3,19)20/h8-9H,4-7H2,1-3H3,(H,13,14). The highest BCUT2D eigenvalue weighted by Crippen LogP contribution is 2.18. The second kappa shape index (κ2) is 7.32. The number of likely N-dealkylation sites (N-methyl/N-ethyl adjacent to an activating group) is 1. The molecule has 1 rings (SSSR count). The number of nitro groups is 1. The monoisotopic (exact) mass is 316 g/mol. The predicted molar refractivity (Wildman–Crippen MR) is 81.3 cm³/mol. The highest BCUT2D eigenvalue weighted by Gasteiger charge is 2.11. The summed E-state index contributed by atoms with van der Waals surface area (Å²) in [6.07, 6.45) is 2.44. The zero-order chi connectivity index (χ0) is 16.0. The number of rotatable bonds is 8. The van der Waals surface area contributed by atoms with E-state index in [1.165, 1.54) is 12.5 Å². The number of nitrogens with zero attached hydrogens (tertiary/aromatic N) is 3. The van der Waals surface area contributed by atoms with E-state index < -0.39 is 14.8 Å². The quantitative estimate of drug-likeness (QED) is 0.555. The number of anilines is 1. The van der Waals surface area contributed by atoms with Crippen molar-refractivity contribution in [2.24, 2.45) is 0 Å². The third-order valence-electron chi connectivity index (χ3n) is 2.92. The van der Waals surface area contributed by atoms with Gasteiger partial charge in [-0.05, 0) is 20.0 Å².